The lowest BCUT2D eigenvalue weighted by molar-refractivity contribution is 0.0697. The Hall–Kier alpha value is -1.90. The molecule has 0 saturated carbocycles. The van der Waals surface area contributed by atoms with E-state index in [1.54, 1.807) is 18.2 Å². The van der Waals surface area contributed by atoms with Crippen molar-refractivity contribution in [3.63, 3.8) is 0 Å². The lowest BCUT2D eigenvalue weighted by Gasteiger charge is -2.07. The zero-order valence-electron chi connectivity index (χ0n) is 10.1. The largest absolute Gasteiger partial charge is 0.478 e. The van der Waals surface area contributed by atoms with Crippen LogP contribution in [0.15, 0.2) is 39.9 Å². The number of nitrogens with one attached hydrogen (secondary N) is 1. The molecule has 6 nitrogen and oxygen atoms in total. The molecule has 3 N–H and O–H groups in total. The van der Waals surface area contributed by atoms with Crippen LogP contribution in [0.4, 0.5) is 5.69 Å². The Morgan fingerprint density at radius 2 is 2.05 bits per heavy atom. The van der Waals surface area contributed by atoms with Gasteiger partial charge in [0.2, 0.25) is 0 Å². The van der Waals surface area contributed by atoms with Crippen LogP contribution in [0.2, 0.25) is 0 Å². The van der Waals surface area contributed by atoms with Gasteiger partial charge in [-0.15, -0.1) is 11.3 Å². The summed E-state index contributed by atoms with van der Waals surface area (Å²) in [5.41, 5.74) is 0.809. The first-order chi connectivity index (χ1) is 9.42. The van der Waals surface area contributed by atoms with E-state index in [9.17, 15) is 13.2 Å². The number of hydrogen-bond acceptors (Lipinski definition) is 5. The molecule has 2 rings (SSSR count). The fourth-order valence-corrected chi connectivity index (χ4v) is 3.71. The summed E-state index contributed by atoms with van der Waals surface area (Å²) >= 11 is 0.833. The molecular formula is C12H11NO5S2. The van der Waals surface area contributed by atoms with E-state index < -0.39 is 16.0 Å². The van der Waals surface area contributed by atoms with Crippen molar-refractivity contribution in [1.82, 2.24) is 0 Å². The molecule has 0 amide bonds. The monoisotopic (exact) mass is 313 g/mol. The van der Waals surface area contributed by atoms with E-state index in [0.717, 1.165) is 17.4 Å². The number of aliphatic hydroxyl groups is 1. The number of carbonyl (C=O) groups is 1. The average Bonchev–Trinajstić information content (AvgIpc) is 2.89. The zero-order valence-corrected chi connectivity index (χ0v) is 11.7. The third-order valence-corrected chi connectivity index (χ3v) is 5.27. The Morgan fingerprint density at radius 3 is 2.65 bits per heavy atom. The molecule has 0 radical (unpaired) electrons. The second-order valence-corrected chi connectivity index (χ2v) is 6.74. The highest BCUT2D eigenvalue weighted by atomic mass is 32.2. The van der Waals surface area contributed by atoms with Crippen LogP contribution >= 0.6 is 11.3 Å². The normalized spacial score (nSPS) is 11.2. The Labute approximate surface area is 119 Å². The van der Waals surface area contributed by atoms with E-state index in [-0.39, 0.29) is 16.4 Å². The van der Waals surface area contributed by atoms with Gasteiger partial charge in [-0.05, 0) is 23.8 Å². The van der Waals surface area contributed by atoms with Crippen LogP contribution in [0.1, 0.15) is 15.9 Å². The molecule has 8 heteroatoms. The predicted octanol–water partition coefficient (Wildman–Crippen LogP) is 1.74. The number of aromatic carboxylic acids is 1. The van der Waals surface area contributed by atoms with E-state index in [1.165, 1.54) is 11.4 Å². The molecular weight excluding hydrogens is 302 g/mol. The Morgan fingerprint density at radius 1 is 1.30 bits per heavy atom. The summed E-state index contributed by atoms with van der Waals surface area (Å²) < 4.78 is 26.4. The van der Waals surface area contributed by atoms with Gasteiger partial charge in [-0.1, -0.05) is 12.1 Å². The summed E-state index contributed by atoms with van der Waals surface area (Å²) in [7, 11) is -3.83. The van der Waals surface area contributed by atoms with Crippen molar-refractivity contribution < 1.29 is 23.4 Å². The van der Waals surface area contributed by atoms with Crippen LogP contribution in [0.3, 0.4) is 0 Å². The zero-order chi connectivity index (χ0) is 14.8. The van der Waals surface area contributed by atoms with Crippen LogP contribution in [0.5, 0.6) is 0 Å². The topological polar surface area (TPSA) is 104 Å². The van der Waals surface area contributed by atoms with Gasteiger partial charge in [0.05, 0.1) is 12.2 Å². The van der Waals surface area contributed by atoms with Gasteiger partial charge in [0.1, 0.15) is 4.21 Å². The second-order valence-electron chi connectivity index (χ2n) is 3.92. The van der Waals surface area contributed by atoms with Gasteiger partial charge in [0, 0.05) is 11.1 Å². The summed E-state index contributed by atoms with van der Waals surface area (Å²) in [4.78, 5) is 10.7. The summed E-state index contributed by atoms with van der Waals surface area (Å²) in [6, 6.07) is 7.42. The number of anilines is 1. The first kappa shape index (κ1) is 14.5. The molecule has 0 aliphatic carbocycles. The number of thiophene rings is 1. The van der Waals surface area contributed by atoms with Gasteiger partial charge in [-0.25, -0.2) is 13.2 Å². The van der Waals surface area contributed by atoms with Gasteiger partial charge < -0.3 is 10.2 Å². The molecule has 0 unspecified atom stereocenters. The first-order valence-electron chi connectivity index (χ1n) is 5.47. The standard InChI is InChI=1S/C12H11NO5S2/c14-6-8-2-1-3-10(4-8)13-20(17,18)11-5-9(7-19-11)12(15)16/h1-5,7,13-14H,6H2,(H,15,16). The van der Waals surface area contributed by atoms with Crippen LogP contribution in [-0.2, 0) is 16.6 Å². The predicted molar refractivity (Wildman–Crippen MR) is 74.5 cm³/mol. The van der Waals surface area contributed by atoms with E-state index in [4.69, 9.17) is 10.2 Å². The lowest BCUT2D eigenvalue weighted by Crippen LogP contribution is -2.11. The minimum absolute atomic E-state index is 0.0699. The molecule has 20 heavy (non-hydrogen) atoms. The van der Waals surface area contributed by atoms with Crippen molar-refractivity contribution in [3.05, 3.63) is 46.8 Å². The van der Waals surface area contributed by atoms with Crippen molar-refractivity contribution in [1.29, 1.82) is 0 Å². The number of carboxylic acid groups (broad SMARTS) is 1. The fourth-order valence-electron chi connectivity index (χ4n) is 1.51. The lowest BCUT2D eigenvalue weighted by atomic mass is 10.2. The number of aliphatic hydroxyl groups excluding tert-OH is 1. The maximum Gasteiger partial charge on any atom is 0.336 e. The van der Waals surface area contributed by atoms with Crippen LogP contribution in [0.25, 0.3) is 0 Å². The highest BCUT2D eigenvalue weighted by molar-refractivity contribution is 7.94. The SMILES string of the molecule is O=C(O)c1csc(S(=O)(=O)Nc2cccc(CO)c2)c1. The Balaban J connectivity index is 2.27. The number of carboxylic acids is 1. The van der Waals surface area contributed by atoms with Crippen molar-refractivity contribution >= 4 is 33.0 Å². The molecule has 2 aromatic rings. The highest BCUT2D eigenvalue weighted by Gasteiger charge is 2.19. The van der Waals surface area contributed by atoms with E-state index in [0.29, 0.717) is 11.3 Å². The van der Waals surface area contributed by atoms with Crippen LogP contribution in [0, 0.1) is 0 Å². The van der Waals surface area contributed by atoms with Crippen LogP contribution in [-0.4, -0.2) is 24.6 Å². The van der Waals surface area contributed by atoms with Crippen LogP contribution < -0.4 is 4.72 Å². The molecule has 0 bridgehead atoms. The number of sulfonamides is 1. The summed E-state index contributed by atoms with van der Waals surface area (Å²) in [5, 5.41) is 19.1. The van der Waals surface area contributed by atoms with Gasteiger partial charge >= 0.3 is 5.97 Å². The summed E-state index contributed by atoms with van der Waals surface area (Å²) in [6.07, 6.45) is 0. The maximum atomic E-state index is 12.1. The number of rotatable bonds is 5. The first-order valence-corrected chi connectivity index (χ1v) is 7.83. The van der Waals surface area contributed by atoms with Crippen molar-refractivity contribution in [2.45, 2.75) is 10.8 Å². The average molecular weight is 313 g/mol. The number of benzene rings is 1. The molecule has 0 atom stereocenters. The van der Waals surface area contributed by atoms with Gasteiger partial charge in [0.25, 0.3) is 10.0 Å². The minimum Gasteiger partial charge on any atom is -0.478 e. The molecule has 0 spiro atoms. The third-order valence-electron chi connectivity index (χ3n) is 2.45. The van der Waals surface area contributed by atoms with Gasteiger partial charge in [0.15, 0.2) is 0 Å². The highest BCUT2D eigenvalue weighted by Crippen LogP contribution is 2.23. The molecule has 1 aromatic carbocycles. The molecule has 0 saturated heterocycles. The van der Waals surface area contributed by atoms with Gasteiger partial charge in [-0.2, -0.15) is 0 Å². The summed E-state index contributed by atoms with van der Waals surface area (Å²) in [5.74, 6) is -1.18. The molecule has 0 aliphatic heterocycles. The maximum absolute atomic E-state index is 12.1. The molecule has 1 heterocycles. The van der Waals surface area contributed by atoms with Crippen molar-refractivity contribution in [2.75, 3.05) is 4.72 Å². The van der Waals surface area contributed by atoms with E-state index >= 15 is 0 Å². The summed E-state index contributed by atoms with van der Waals surface area (Å²) in [6.45, 7) is -0.197. The smallest absolute Gasteiger partial charge is 0.336 e. The minimum atomic E-state index is -3.83. The van der Waals surface area contributed by atoms with Crippen molar-refractivity contribution in [2.24, 2.45) is 0 Å². The van der Waals surface area contributed by atoms with E-state index in [2.05, 4.69) is 4.72 Å². The molecule has 106 valence electrons. The molecule has 0 fully saturated rings. The van der Waals surface area contributed by atoms with Crippen molar-refractivity contribution in [3.8, 4) is 0 Å². The quantitative estimate of drug-likeness (QED) is 0.780. The third kappa shape index (κ3) is 3.16. The Bertz CT molecular complexity index is 736. The Kier molecular flexibility index (Phi) is 4.07. The van der Waals surface area contributed by atoms with E-state index in [1.807, 2.05) is 0 Å². The molecule has 0 aliphatic rings. The number of hydrogen-bond donors (Lipinski definition) is 3. The molecule has 1 aromatic heterocycles. The second kappa shape index (κ2) is 5.61. The fraction of sp³-hybridized carbons (Fsp3) is 0.0833. The van der Waals surface area contributed by atoms with Gasteiger partial charge in [-0.3, -0.25) is 4.72 Å².